The van der Waals surface area contributed by atoms with E-state index in [0.717, 1.165) is 6.42 Å². The molecule has 0 radical (unpaired) electrons. The van der Waals surface area contributed by atoms with E-state index in [9.17, 15) is 4.79 Å². The molecule has 0 heterocycles. The van der Waals surface area contributed by atoms with Gasteiger partial charge in [-0.25, -0.2) is 0 Å². The molecule has 1 aromatic rings. The van der Waals surface area contributed by atoms with E-state index in [-0.39, 0.29) is 12.3 Å². The van der Waals surface area contributed by atoms with E-state index in [2.05, 4.69) is 24.3 Å². The summed E-state index contributed by atoms with van der Waals surface area (Å²) in [6, 6.07) is 8.24. The smallest absolute Gasteiger partial charge is 0.303 e. The summed E-state index contributed by atoms with van der Waals surface area (Å²) in [4.78, 5) is 10.5. The molecule has 0 aromatic heterocycles. The minimum absolute atomic E-state index is 0.204. The van der Waals surface area contributed by atoms with Crippen molar-refractivity contribution in [3.8, 4) is 0 Å². The van der Waals surface area contributed by atoms with E-state index in [1.165, 1.54) is 11.1 Å². The molecular weight excluding hydrogens is 176 g/mol. The number of hydrogen-bond donors (Lipinski definition) is 1. The van der Waals surface area contributed by atoms with Crippen LogP contribution >= 0.6 is 0 Å². The molecule has 1 N–H and O–H groups in total. The zero-order chi connectivity index (χ0) is 10.6. The SMILES string of the molecule is Cc1ccc(CC(C)CC(=O)O)cc1. The first-order valence-corrected chi connectivity index (χ1v) is 4.85. The Morgan fingerprint density at radius 3 is 2.43 bits per heavy atom. The van der Waals surface area contributed by atoms with Crippen LogP contribution in [-0.4, -0.2) is 11.1 Å². The summed E-state index contributed by atoms with van der Waals surface area (Å²) in [7, 11) is 0. The molecule has 1 rings (SSSR count). The molecule has 0 spiro atoms. The molecule has 0 saturated heterocycles. The van der Waals surface area contributed by atoms with Crippen LogP contribution in [0.2, 0.25) is 0 Å². The maximum Gasteiger partial charge on any atom is 0.303 e. The lowest BCUT2D eigenvalue weighted by Gasteiger charge is -2.08. The Hall–Kier alpha value is -1.31. The number of carboxylic acids is 1. The van der Waals surface area contributed by atoms with E-state index in [1.807, 2.05) is 13.8 Å². The first-order valence-electron chi connectivity index (χ1n) is 4.85. The van der Waals surface area contributed by atoms with Crippen molar-refractivity contribution in [3.05, 3.63) is 35.4 Å². The molecule has 0 fully saturated rings. The Morgan fingerprint density at radius 2 is 1.93 bits per heavy atom. The number of carbonyl (C=O) groups is 1. The monoisotopic (exact) mass is 192 g/mol. The molecule has 0 saturated carbocycles. The molecule has 0 aliphatic carbocycles. The van der Waals surface area contributed by atoms with E-state index in [4.69, 9.17) is 5.11 Å². The van der Waals surface area contributed by atoms with Crippen LogP contribution < -0.4 is 0 Å². The largest absolute Gasteiger partial charge is 0.481 e. The van der Waals surface area contributed by atoms with E-state index >= 15 is 0 Å². The molecule has 2 heteroatoms. The Bertz CT molecular complexity index is 301. The average molecular weight is 192 g/mol. The fourth-order valence-corrected chi connectivity index (χ4v) is 1.50. The summed E-state index contributed by atoms with van der Waals surface area (Å²) in [5, 5.41) is 8.61. The van der Waals surface area contributed by atoms with Crippen LogP contribution in [0.5, 0.6) is 0 Å². The van der Waals surface area contributed by atoms with Crippen LogP contribution in [0.4, 0.5) is 0 Å². The third-order valence-electron chi connectivity index (χ3n) is 2.23. The molecule has 0 aliphatic rings. The lowest BCUT2D eigenvalue weighted by atomic mass is 9.98. The van der Waals surface area contributed by atoms with Gasteiger partial charge in [0.2, 0.25) is 0 Å². The average Bonchev–Trinajstić information content (AvgIpc) is 2.07. The number of aliphatic carboxylic acids is 1. The topological polar surface area (TPSA) is 37.3 Å². The highest BCUT2D eigenvalue weighted by Gasteiger charge is 2.07. The molecule has 0 bridgehead atoms. The zero-order valence-electron chi connectivity index (χ0n) is 8.66. The Labute approximate surface area is 84.6 Å². The van der Waals surface area contributed by atoms with Crippen molar-refractivity contribution in [1.29, 1.82) is 0 Å². The number of aryl methyl sites for hydroxylation is 1. The first-order chi connectivity index (χ1) is 6.58. The van der Waals surface area contributed by atoms with E-state index in [1.54, 1.807) is 0 Å². The van der Waals surface area contributed by atoms with Gasteiger partial charge in [-0.1, -0.05) is 36.8 Å². The number of hydrogen-bond acceptors (Lipinski definition) is 1. The maximum absolute atomic E-state index is 10.5. The van der Waals surface area contributed by atoms with Crippen molar-refractivity contribution < 1.29 is 9.90 Å². The maximum atomic E-state index is 10.5. The highest BCUT2D eigenvalue weighted by molar-refractivity contribution is 5.67. The summed E-state index contributed by atoms with van der Waals surface area (Å²) < 4.78 is 0. The standard InChI is InChI=1S/C12H16O2/c1-9-3-5-11(6-4-9)7-10(2)8-12(13)14/h3-6,10H,7-8H2,1-2H3,(H,13,14). The lowest BCUT2D eigenvalue weighted by Crippen LogP contribution is -2.06. The summed E-state index contributed by atoms with van der Waals surface area (Å²) >= 11 is 0. The fourth-order valence-electron chi connectivity index (χ4n) is 1.50. The van der Waals surface area contributed by atoms with Gasteiger partial charge in [-0.05, 0) is 24.8 Å². The lowest BCUT2D eigenvalue weighted by molar-refractivity contribution is -0.137. The van der Waals surface area contributed by atoms with Crippen LogP contribution in [0.3, 0.4) is 0 Å². The summed E-state index contributed by atoms with van der Waals surface area (Å²) in [5.74, 6) is -0.514. The second-order valence-corrected chi connectivity index (χ2v) is 3.89. The third-order valence-corrected chi connectivity index (χ3v) is 2.23. The third kappa shape index (κ3) is 3.60. The van der Waals surface area contributed by atoms with Crippen molar-refractivity contribution in [3.63, 3.8) is 0 Å². The number of benzene rings is 1. The van der Waals surface area contributed by atoms with Gasteiger partial charge in [-0.3, -0.25) is 4.79 Å². The fraction of sp³-hybridized carbons (Fsp3) is 0.417. The predicted octanol–water partition coefficient (Wildman–Crippen LogP) is 2.65. The Morgan fingerprint density at radius 1 is 1.36 bits per heavy atom. The molecule has 1 unspecified atom stereocenters. The molecule has 1 atom stereocenters. The molecule has 1 aromatic carbocycles. The Balaban J connectivity index is 2.51. The van der Waals surface area contributed by atoms with Gasteiger partial charge >= 0.3 is 5.97 Å². The molecule has 14 heavy (non-hydrogen) atoms. The van der Waals surface area contributed by atoms with Crippen LogP contribution in [0.15, 0.2) is 24.3 Å². The van der Waals surface area contributed by atoms with Gasteiger partial charge in [0.25, 0.3) is 0 Å². The number of rotatable bonds is 4. The number of carboxylic acid groups (broad SMARTS) is 1. The molecule has 76 valence electrons. The van der Waals surface area contributed by atoms with Gasteiger partial charge in [-0.15, -0.1) is 0 Å². The summed E-state index contributed by atoms with van der Waals surface area (Å²) in [5.41, 5.74) is 2.45. The van der Waals surface area contributed by atoms with Gasteiger partial charge in [0.15, 0.2) is 0 Å². The predicted molar refractivity (Wildman–Crippen MR) is 56.3 cm³/mol. The van der Waals surface area contributed by atoms with Crippen LogP contribution in [0.1, 0.15) is 24.5 Å². The van der Waals surface area contributed by atoms with Crippen molar-refractivity contribution in [2.24, 2.45) is 5.92 Å². The van der Waals surface area contributed by atoms with E-state index in [0.29, 0.717) is 0 Å². The minimum Gasteiger partial charge on any atom is -0.481 e. The second kappa shape index (κ2) is 4.80. The quantitative estimate of drug-likeness (QED) is 0.796. The highest BCUT2D eigenvalue weighted by atomic mass is 16.4. The van der Waals surface area contributed by atoms with Gasteiger partial charge in [0, 0.05) is 6.42 Å². The van der Waals surface area contributed by atoms with Crippen molar-refractivity contribution >= 4 is 5.97 Å². The van der Waals surface area contributed by atoms with Crippen LogP contribution in [0.25, 0.3) is 0 Å². The van der Waals surface area contributed by atoms with Crippen molar-refractivity contribution in [2.75, 3.05) is 0 Å². The van der Waals surface area contributed by atoms with Gasteiger partial charge < -0.3 is 5.11 Å². The second-order valence-electron chi connectivity index (χ2n) is 3.89. The zero-order valence-corrected chi connectivity index (χ0v) is 8.66. The molecular formula is C12H16O2. The first kappa shape index (κ1) is 10.8. The Kier molecular flexibility index (Phi) is 3.69. The van der Waals surface area contributed by atoms with Crippen LogP contribution in [-0.2, 0) is 11.2 Å². The summed E-state index contributed by atoms with van der Waals surface area (Å²) in [6.45, 7) is 4.01. The van der Waals surface area contributed by atoms with Gasteiger partial charge in [0.05, 0.1) is 0 Å². The van der Waals surface area contributed by atoms with Crippen molar-refractivity contribution in [1.82, 2.24) is 0 Å². The van der Waals surface area contributed by atoms with E-state index < -0.39 is 5.97 Å². The highest BCUT2D eigenvalue weighted by Crippen LogP contribution is 2.12. The van der Waals surface area contributed by atoms with Gasteiger partial charge in [0.1, 0.15) is 0 Å². The summed E-state index contributed by atoms with van der Waals surface area (Å²) in [6.07, 6.45) is 1.08. The van der Waals surface area contributed by atoms with Crippen LogP contribution in [0, 0.1) is 12.8 Å². The minimum atomic E-state index is -0.718. The van der Waals surface area contributed by atoms with Gasteiger partial charge in [-0.2, -0.15) is 0 Å². The normalized spacial score (nSPS) is 12.4. The molecule has 0 aliphatic heterocycles. The molecule has 0 amide bonds. The molecule has 2 nitrogen and oxygen atoms in total. The van der Waals surface area contributed by atoms with Crippen molar-refractivity contribution in [2.45, 2.75) is 26.7 Å².